The second kappa shape index (κ2) is 10.6. The summed E-state index contributed by atoms with van der Waals surface area (Å²) in [4.78, 5) is 21.4. The molecule has 0 aliphatic heterocycles. The Morgan fingerprint density at radius 2 is 1.64 bits per heavy atom. The second-order valence-electron chi connectivity index (χ2n) is 4.35. The van der Waals surface area contributed by atoms with Crippen LogP contribution in [0, 0.1) is 0 Å². The molecule has 2 atom stereocenters. The molecule has 7 heteroatoms. The SMILES string of the molecule is N[C@@H](CC(N[c-]1cccc1)C(=O)O)C(=O)O.[Fe+2].c1cc[cH-]c1. The summed E-state index contributed by atoms with van der Waals surface area (Å²) in [5, 5.41) is 20.2. The first-order chi connectivity index (χ1) is 10.0. The zero-order chi connectivity index (χ0) is 15.7. The molecular formula is C15H18FeN2O4. The Morgan fingerprint density at radius 3 is 2.00 bits per heavy atom. The van der Waals surface area contributed by atoms with Crippen LogP contribution in [-0.4, -0.2) is 34.2 Å². The number of hydrogen-bond acceptors (Lipinski definition) is 4. The van der Waals surface area contributed by atoms with Crippen LogP contribution in [0.25, 0.3) is 0 Å². The average Bonchev–Trinajstić information content (AvgIpc) is 3.13. The minimum atomic E-state index is -1.21. The van der Waals surface area contributed by atoms with E-state index in [1.165, 1.54) is 0 Å². The zero-order valence-electron chi connectivity index (χ0n) is 11.7. The molecule has 0 spiro atoms. The van der Waals surface area contributed by atoms with E-state index in [1.807, 2.05) is 30.3 Å². The average molecular weight is 346 g/mol. The summed E-state index contributed by atoms with van der Waals surface area (Å²) in [5.74, 6) is -2.34. The smallest absolute Gasteiger partial charge is 0.480 e. The van der Waals surface area contributed by atoms with Crippen molar-refractivity contribution in [2.75, 3.05) is 5.32 Å². The molecule has 0 heterocycles. The van der Waals surface area contributed by atoms with Crippen molar-refractivity contribution in [3.63, 3.8) is 0 Å². The van der Waals surface area contributed by atoms with Gasteiger partial charge in [0, 0.05) is 6.42 Å². The monoisotopic (exact) mass is 346 g/mol. The standard InChI is InChI=1S/C10H13N2O4.C5H5.Fe/c11-7(9(13)14)5-8(10(15)16)12-6-3-1-2-4-6;1-2-4-5-3-1;/h1-4,7-8,12H,5,11H2,(H,13,14)(H,15,16);1-5H;/q2*-1;+2/t7-,8?;;/m0../s1. The summed E-state index contributed by atoms with van der Waals surface area (Å²) in [7, 11) is 0. The summed E-state index contributed by atoms with van der Waals surface area (Å²) in [6.07, 6.45) is -0.171. The minimum absolute atomic E-state index is 0. The molecule has 0 aliphatic rings. The Kier molecular flexibility index (Phi) is 9.61. The third-order valence-electron chi connectivity index (χ3n) is 2.66. The maximum atomic E-state index is 10.9. The van der Waals surface area contributed by atoms with Crippen molar-refractivity contribution < 1.29 is 36.9 Å². The van der Waals surface area contributed by atoms with Gasteiger partial charge in [-0.3, -0.25) is 9.59 Å². The molecule has 0 aromatic heterocycles. The first kappa shape index (κ1) is 19.9. The van der Waals surface area contributed by atoms with Crippen LogP contribution in [0.4, 0.5) is 5.69 Å². The molecule has 2 aromatic carbocycles. The predicted octanol–water partition coefficient (Wildman–Crippen LogP) is 1.48. The zero-order valence-corrected chi connectivity index (χ0v) is 12.8. The molecular weight excluding hydrogens is 328 g/mol. The van der Waals surface area contributed by atoms with Gasteiger partial charge in [0.05, 0.1) is 0 Å². The fourth-order valence-corrected chi connectivity index (χ4v) is 1.57. The van der Waals surface area contributed by atoms with Gasteiger partial charge in [-0.15, -0.1) is 0 Å². The summed E-state index contributed by atoms with van der Waals surface area (Å²) < 4.78 is 0. The van der Waals surface area contributed by atoms with E-state index in [4.69, 9.17) is 15.9 Å². The van der Waals surface area contributed by atoms with Crippen molar-refractivity contribution >= 4 is 17.6 Å². The van der Waals surface area contributed by atoms with Crippen LogP contribution in [0.5, 0.6) is 0 Å². The predicted molar refractivity (Wildman–Crippen MR) is 79.3 cm³/mol. The fourth-order valence-electron chi connectivity index (χ4n) is 1.57. The molecule has 6 nitrogen and oxygen atoms in total. The van der Waals surface area contributed by atoms with Crippen LogP contribution >= 0.6 is 0 Å². The van der Waals surface area contributed by atoms with Crippen molar-refractivity contribution in [3.05, 3.63) is 54.6 Å². The van der Waals surface area contributed by atoms with E-state index in [1.54, 1.807) is 24.3 Å². The van der Waals surface area contributed by atoms with E-state index in [0.717, 1.165) is 0 Å². The second-order valence-corrected chi connectivity index (χ2v) is 4.35. The number of aliphatic carboxylic acids is 2. The topological polar surface area (TPSA) is 113 Å². The van der Waals surface area contributed by atoms with Gasteiger partial charge < -0.3 is 21.3 Å². The Morgan fingerprint density at radius 1 is 1.09 bits per heavy atom. The Labute approximate surface area is 139 Å². The van der Waals surface area contributed by atoms with Gasteiger partial charge in [0.2, 0.25) is 0 Å². The summed E-state index contributed by atoms with van der Waals surface area (Å²) in [6.45, 7) is 0. The van der Waals surface area contributed by atoms with Crippen molar-refractivity contribution in [2.24, 2.45) is 5.73 Å². The molecule has 0 fully saturated rings. The maximum absolute atomic E-state index is 10.9. The largest absolute Gasteiger partial charge is 2.00 e. The van der Waals surface area contributed by atoms with E-state index in [-0.39, 0.29) is 23.5 Å². The van der Waals surface area contributed by atoms with Crippen molar-refractivity contribution in [3.8, 4) is 0 Å². The van der Waals surface area contributed by atoms with Gasteiger partial charge in [0.25, 0.3) is 0 Å². The van der Waals surface area contributed by atoms with Gasteiger partial charge in [-0.2, -0.15) is 30.3 Å². The third-order valence-corrected chi connectivity index (χ3v) is 2.66. The molecule has 0 radical (unpaired) electrons. The normalized spacial score (nSPS) is 12.0. The van der Waals surface area contributed by atoms with E-state index < -0.39 is 24.0 Å². The van der Waals surface area contributed by atoms with Gasteiger partial charge in [0.1, 0.15) is 12.1 Å². The van der Waals surface area contributed by atoms with Crippen molar-refractivity contribution in [2.45, 2.75) is 18.5 Å². The van der Waals surface area contributed by atoms with E-state index in [0.29, 0.717) is 5.69 Å². The molecule has 2 aromatic rings. The Bertz CT molecular complexity index is 509. The first-order valence-corrected chi connectivity index (χ1v) is 6.37. The number of rotatable bonds is 6. The van der Waals surface area contributed by atoms with Crippen LogP contribution in [0.1, 0.15) is 6.42 Å². The molecule has 0 saturated carbocycles. The molecule has 22 heavy (non-hydrogen) atoms. The van der Waals surface area contributed by atoms with Crippen LogP contribution in [-0.2, 0) is 26.7 Å². The molecule has 0 saturated heterocycles. The summed E-state index contributed by atoms with van der Waals surface area (Å²) in [6, 6.07) is 14.7. The molecule has 2 rings (SSSR count). The van der Waals surface area contributed by atoms with Gasteiger partial charge >= 0.3 is 29.0 Å². The minimum Gasteiger partial charge on any atom is -0.480 e. The van der Waals surface area contributed by atoms with Crippen molar-refractivity contribution in [1.82, 2.24) is 0 Å². The maximum Gasteiger partial charge on any atom is 2.00 e. The molecule has 5 N–H and O–H groups in total. The first-order valence-electron chi connectivity index (χ1n) is 6.37. The number of carboxylic acid groups (broad SMARTS) is 2. The quantitative estimate of drug-likeness (QED) is 0.466. The van der Waals surface area contributed by atoms with Gasteiger partial charge in [-0.05, 0) is 0 Å². The van der Waals surface area contributed by atoms with Crippen molar-refractivity contribution in [1.29, 1.82) is 0 Å². The van der Waals surface area contributed by atoms with Gasteiger partial charge in [0.15, 0.2) is 0 Å². The number of nitrogens with one attached hydrogen (secondary N) is 1. The number of hydrogen-bond donors (Lipinski definition) is 4. The molecule has 0 amide bonds. The van der Waals surface area contributed by atoms with E-state index in [9.17, 15) is 9.59 Å². The van der Waals surface area contributed by atoms with Gasteiger partial charge in [-0.1, -0.05) is 5.69 Å². The van der Waals surface area contributed by atoms with Crippen LogP contribution < -0.4 is 11.1 Å². The summed E-state index contributed by atoms with van der Waals surface area (Å²) >= 11 is 0. The number of anilines is 1. The number of carboxylic acids is 2. The van der Waals surface area contributed by atoms with Crippen LogP contribution in [0.15, 0.2) is 54.6 Å². The number of nitrogens with two attached hydrogens (primary N) is 1. The Hall–Kier alpha value is -2.08. The van der Waals surface area contributed by atoms with Gasteiger partial charge in [-0.25, -0.2) is 24.3 Å². The van der Waals surface area contributed by atoms with E-state index >= 15 is 0 Å². The fraction of sp³-hybridized carbons (Fsp3) is 0.200. The van der Waals surface area contributed by atoms with Crippen LogP contribution in [0.3, 0.4) is 0 Å². The molecule has 0 bridgehead atoms. The number of carbonyl (C=O) groups is 2. The van der Waals surface area contributed by atoms with Crippen LogP contribution in [0.2, 0.25) is 0 Å². The summed E-state index contributed by atoms with van der Waals surface area (Å²) in [5.41, 5.74) is 5.91. The third kappa shape index (κ3) is 7.64. The molecule has 0 aliphatic carbocycles. The Balaban J connectivity index is 0.000000622. The molecule has 1 unspecified atom stereocenters. The molecule has 120 valence electrons. The van der Waals surface area contributed by atoms with E-state index in [2.05, 4.69) is 5.32 Å².